The van der Waals surface area contributed by atoms with Crippen LogP contribution in [0.15, 0.2) is 22.7 Å². The first-order valence-corrected chi connectivity index (χ1v) is 5.64. The number of halogens is 1. The molecule has 1 aromatic carbocycles. The van der Waals surface area contributed by atoms with Crippen LogP contribution >= 0.6 is 11.6 Å². The minimum absolute atomic E-state index is 0.0707. The van der Waals surface area contributed by atoms with E-state index >= 15 is 0 Å². The molecule has 1 heterocycles. The number of benzene rings is 1. The molecule has 1 aromatic heterocycles. The third-order valence-corrected chi connectivity index (χ3v) is 2.68. The lowest BCUT2D eigenvalue weighted by atomic mass is 10.2. The molecule has 0 bridgehead atoms. The first kappa shape index (κ1) is 12.5. The van der Waals surface area contributed by atoms with Gasteiger partial charge in [0.25, 0.3) is 11.6 Å². The maximum absolute atomic E-state index is 10.7. The van der Waals surface area contributed by atoms with Gasteiger partial charge < -0.3 is 4.52 Å². The van der Waals surface area contributed by atoms with Gasteiger partial charge in [-0.1, -0.05) is 30.6 Å². The summed E-state index contributed by atoms with van der Waals surface area (Å²) in [5.74, 6) is 0.833. The van der Waals surface area contributed by atoms with E-state index in [0.717, 1.165) is 0 Å². The lowest BCUT2D eigenvalue weighted by molar-refractivity contribution is -0.384. The predicted molar refractivity (Wildman–Crippen MR) is 65.5 cm³/mol. The van der Waals surface area contributed by atoms with Gasteiger partial charge in [0.2, 0.25) is 0 Å². The Labute approximate surface area is 108 Å². The van der Waals surface area contributed by atoms with E-state index < -0.39 is 4.92 Å². The first-order valence-electron chi connectivity index (χ1n) is 5.27. The third kappa shape index (κ3) is 2.33. The van der Waals surface area contributed by atoms with E-state index in [1.54, 1.807) is 0 Å². The Morgan fingerprint density at radius 2 is 2.17 bits per heavy atom. The Hall–Kier alpha value is -1.95. The van der Waals surface area contributed by atoms with Crippen molar-refractivity contribution in [2.75, 3.05) is 0 Å². The molecule has 0 radical (unpaired) electrons. The maximum atomic E-state index is 10.7. The summed E-state index contributed by atoms with van der Waals surface area (Å²) in [6, 6.07) is 4.08. The molecule has 0 aliphatic rings. The van der Waals surface area contributed by atoms with Crippen molar-refractivity contribution in [3.63, 3.8) is 0 Å². The largest absolute Gasteiger partial charge is 0.334 e. The molecule has 0 atom stereocenters. The molecule has 6 nitrogen and oxygen atoms in total. The van der Waals surface area contributed by atoms with Gasteiger partial charge in [-0.2, -0.15) is 4.98 Å². The molecular formula is C11H10ClN3O3. The minimum Gasteiger partial charge on any atom is -0.334 e. The van der Waals surface area contributed by atoms with Crippen LogP contribution in [0.25, 0.3) is 11.5 Å². The summed E-state index contributed by atoms with van der Waals surface area (Å²) in [6.45, 7) is 3.84. The third-order valence-electron chi connectivity index (χ3n) is 2.35. The highest BCUT2D eigenvalue weighted by atomic mass is 35.5. The van der Waals surface area contributed by atoms with Crippen molar-refractivity contribution < 1.29 is 9.45 Å². The Balaban J connectivity index is 2.48. The van der Waals surface area contributed by atoms with Crippen LogP contribution in [0.1, 0.15) is 25.6 Å². The number of rotatable bonds is 3. The number of nitro groups is 1. The monoisotopic (exact) mass is 267 g/mol. The quantitative estimate of drug-likeness (QED) is 0.628. The van der Waals surface area contributed by atoms with Crippen LogP contribution in [0.5, 0.6) is 0 Å². The topological polar surface area (TPSA) is 82.1 Å². The fourth-order valence-corrected chi connectivity index (χ4v) is 1.57. The molecule has 0 fully saturated rings. The van der Waals surface area contributed by atoms with Crippen LogP contribution in [0, 0.1) is 10.1 Å². The van der Waals surface area contributed by atoms with Gasteiger partial charge in [0, 0.05) is 18.1 Å². The number of nitrogens with zero attached hydrogens (tertiary/aromatic N) is 3. The van der Waals surface area contributed by atoms with Gasteiger partial charge >= 0.3 is 0 Å². The average molecular weight is 268 g/mol. The van der Waals surface area contributed by atoms with Crippen molar-refractivity contribution in [2.24, 2.45) is 0 Å². The predicted octanol–water partition coefficient (Wildman–Crippen LogP) is 3.42. The van der Waals surface area contributed by atoms with Gasteiger partial charge in [-0.05, 0) is 6.07 Å². The Morgan fingerprint density at radius 1 is 1.44 bits per heavy atom. The van der Waals surface area contributed by atoms with Gasteiger partial charge in [-0.3, -0.25) is 10.1 Å². The molecule has 0 spiro atoms. The molecule has 0 saturated heterocycles. The van der Waals surface area contributed by atoms with Crippen LogP contribution in [-0.4, -0.2) is 15.1 Å². The molecule has 0 saturated carbocycles. The van der Waals surface area contributed by atoms with Gasteiger partial charge in [0.1, 0.15) is 0 Å². The van der Waals surface area contributed by atoms with Crippen LogP contribution in [0.2, 0.25) is 5.02 Å². The zero-order valence-electron chi connectivity index (χ0n) is 9.75. The fraction of sp³-hybridized carbons (Fsp3) is 0.273. The maximum Gasteiger partial charge on any atom is 0.270 e. The first-order chi connectivity index (χ1) is 8.49. The zero-order chi connectivity index (χ0) is 13.3. The van der Waals surface area contributed by atoms with E-state index in [-0.39, 0.29) is 17.5 Å². The van der Waals surface area contributed by atoms with Crippen molar-refractivity contribution in [3.8, 4) is 11.5 Å². The summed E-state index contributed by atoms with van der Waals surface area (Å²) in [6.07, 6.45) is 0. The summed E-state index contributed by atoms with van der Waals surface area (Å²) >= 11 is 5.97. The Kier molecular flexibility index (Phi) is 3.29. The smallest absolute Gasteiger partial charge is 0.270 e. The van der Waals surface area contributed by atoms with E-state index in [2.05, 4.69) is 10.1 Å². The second-order valence-corrected chi connectivity index (χ2v) is 4.44. The van der Waals surface area contributed by atoms with Gasteiger partial charge in [-0.15, -0.1) is 0 Å². The molecule has 0 aliphatic carbocycles. The number of hydrogen-bond acceptors (Lipinski definition) is 5. The SMILES string of the molecule is CC(C)c1noc(-c2cc([N+](=O)[O-])ccc2Cl)n1. The van der Waals surface area contributed by atoms with Crippen LogP contribution in [0.3, 0.4) is 0 Å². The molecule has 2 aromatic rings. The van der Waals surface area contributed by atoms with Crippen LogP contribution in [0.4, 0.5) is 5.69 Å². The van der Waals surface area contributed by atoms with Crippen LogP contribution in [-0.2, 0) is 0 Å². The average Bonchev–Trinajstić information content (AvgIpc) is 2.78. The Morgan fingerprint density at radius 3 is 2.72 bits per heavy atom. The lowest BCUT2D eigenvalue weighted by Gasteiger charge is -1.98. The summed E-state index contributed by atoms with van der Waals surface area (Å²) in [5.41, 5.74) is 0.295. The van der Waals surface area contributed by atoms with Gasteiger partial charge in [-0.25, -0.2) is 0 Å². The van der Waals surface area contributed by atoms with Crippen molar-refractivity contribution in [1.29, 1.82) is 0 Å². The van der Waals surface area contributed by atoms with E-state index in [1.165, 1.54) is 18.2 Å². The number of non-ortho nitro benzene ring substituents is 1. The molecule has 0 N–H and O–H groups in total. The highest BCUT2D eigenvalue weighted by molar-refractivity contribution is 6.33. The Bertz CT molecular complexity index is 595. The van der Waals surface area contributed by atoms with Crippen molar-refractivity contribution in [1.82, 2.24) is 10.1 Å². The molecule has 0 aliphatic heterocycles. The number of nitro benzene ring substituents is 1. The summed E-state index contributed by atoms with van der Waals surface area (Å²) in [4.78, 5) is 14.4. The fourth-order valence-electron chi connectivity index (χ4n) is 1.37. The molecule has 0 amide bonds. The van der Waals surface area contributed by atoms with E-state index in [1.807, 2.05) is 13.8 Å². The molecule has 94 valence electrons. The van der Waals surface area contributed by atoms with E-state index in [4.69, 9.17) is 16.1 Å². The number of hydrogen-bond donors (Lipinski definition) is 0. The summed E-state index contributed by atoms with van der Waals surface area (Å²) < 4.78 is 5.06. The molecule has 7 heteroatoms. The number of aromatic nitrogens is 2. The molecule has 2 rings (SSSR count). The lowest BCUT2D eigenvalue weighted by Crippen LogP contribution is -1.91. The highest BCUT2D eigenvalue weighted by Gasteiger charge is 2.17. The minimum atomic E-state index is -0.500. The molecule has 18 heavy (non-hydrogen) atoms. The molecular weight excluding hydrogens is 258 g/mol. The molecule has 0 unspecified atom stereocenters. The van der Waals surface area contributed by atoms with E-state index in [0.29, 0.717) is 16.4 Å². The second-order valence-electron chi connectivity index (χ2n) is 4.03. The summed E-state index contributed by atoms with van der Waals surface area (Å²) in [5, 5.41) is 14.8. The van der Waals surface area contributed by atoms with Crippen molar-refractivity contribution in [2.45, 2.75) is 19.8 Å². The zero-order valence-corrected chi connectivity index (χ0v) is 10.5. The second kappa shape index (κ2) is 4.73. The van der Waals surface area contributed by atoms with Crippen molar-refractivity contribution >= 4 is 17.3 Å². The van der Waals surface area contributed by atoms with Crippen molar-refractivity contribution in [3.05, 3.63) is 39.2 Å². The van der Waals surface area contributed by atoms with E-state index in [9.17, 15) is 10.1 Å². The normalized spacial score (nSPS) is 10.9. The van der Waals surface area contributed by atoms with Gasteiger partial charge in [0.05, 0.1) is 15.5 Å². The standard InChI is InChI=1S/C11H10ClN3O3/c1-6(2)10-13-11(18-14-10)8-5-7(15(16)17)3-4-9(8)12/h3-6H,1-2H3. The van der Waals surface area contributed by atoms with Crippen LogP contribution < -0.4 is 0 Å². The van der Waals surface area contributed by atoms with Gasteiger partial charge in [0.15, 0.2) is 5.82 Å². The summed E-state index contributed by atoms with van der Waals surface area (Å²) in [7, 11) is 0. The highest BCUT2D eigenvalue weighted by Crippen LogP contribution is 2.30.